The first-order valence-corrected chi connectivity index (χ1v) is 10.9. The number of fused-ring (bicyclic) bond motifs is 1. The molecule has 2 N–H and O–H groups in total. The van der Waals surface area contributed by atoms with Crippen LogP contribution in [0.1, 0.15) is 40.4 Å². The lowest BCUT2D eigenvalue weighted by molar-refractivity contribution is 0.0528. The summed E-state index contributed by atoms with van der Waals surface area (Å²) in [5.74, 6) is 0.569. The van der Waals surface area contributed by atoms with Crippen LogP contribution in [-0.4, -0.2) is 18.6 Å². The lowest BCUT2D eigenvalue weighted by atomic mass is 9.85. The molecule has 1 heterocycles. The van der Waals surface area contributed by atoms with Crippen molar-refractivity contribution in [3.8, 4) is 16.9 Å². The normalized spacial score (nSPS) is 15.6. The summed E-state index contributed by atoms with van der Waals surface area (Å²) in [6.45, 7) is 2.66. The molecule has 1 aliphatic rings. The molecule has 0 saturated carbocycles. The Morgan fingerprint density at radius 1 is 1.14 bits per heavy atom. The lowest BCUT2D eigenvalue weighted by Crippen LogP contribution is -2.28. The van der Waals surface area contributed by atoms with Gasteiger partial charge in [0.05, 0.1) is 12.2 Å². The molecule has 0 spiro atoms. The van der Waals surface area contributed by atoms with Gasteiger partial charge in [0.2, 0.25) is 0 Å². The third kappa shape index (κ3) is 4.21. The summed E-state index contributed by atoms with van der Waals surface area (Å²) in [5.41, 5.74) is 12.2. The number of carbonyl (C=O) groups is 1. The Morgan fingerprint density at radius 3 is 2.76 bits per heavy atom. The molecule has 1 unspecified atom stereocenters. The first kappa shape index (κ1) is 19.7. The predicted octanol–water partition coefficient (Wildman–Crippen LogP) is 4.99. The SMILES string of the molecule is CCOC(=O)c1cscc1-c1ccc2c(c1OCc1ccccc1)CCC(N)C2. The van der Waals surface area contributed by atoms with Crippen LogP contribution in [0.25, 0.3) is 11.1 Å². The minimum absolute atomic E-state index is 0.187. The van der Waals surface area contributed by atoms with Crippen molar-refractivity contribution >= 4 is 17.3 Å². The molecule has 0 radical (unpaired) electrons. The second kappa shape index (κ2) is 8.80. The Kier molecular flexibility index (Phi) is 5.97. The van der Waals surface area contributed by atoms with Gasteiger partial charge in [0.25, 0.3) is 0 Å². The highest BCUT2D eigenvalue weighted by molar-refractivity contribution is 7.08. The number of nitrogens with two attached hydrogens (primary N) is 1. The Morgan fingerprint density at radius 2 is 1.97 bits per heavy atom. The minimum atomic E-state index is -0.294. The molecular formula is C24H25NO3S. The van der Waals surface area contributed by atoms with Gasteiger partial charge < -0.3 is 15.2 Å². The highest BCUT2D eigenvalue weighted by Gasteiger charge is 2.25. The van der Waals surface area contributed by atoms with E-state index in [2.05, 4.69) is 24.3 Å². The second-order valence-corrected chi connectivity index (χ2v) is 8.02. The number of thiophene rings is 1. The molecule has 0 amide bonds. The molecule has 1 atom stereocenters. The van der Waals surface area contributed by atoms with E-state index >= 15 is 0 Å². The van der Waals surface area contributed by atoms with Crippen LogP contribution < -0.4 is 10.5 Å². The van der Waals surface area contributed by atoms with Gasteiger partial charge in [-0.25, -0.2) is 4.79 Å². The minimum Gasteiger partial charge on any atom is -0.488 e. The van der Waals surface area contributed by atoms with Crippen LogP contribution >= 0.6 is 11.3 Å². The van der Waals surface area contributed by atoms with Gasteiger partial charge in [-0.1, -0.05) is 42.5 Å². The molecule has 0 saturated heterocycles. The van der Waals surface area contributed by atoms with E-state index in [-0.39, 0.29) is 12.0 Å². The first-order chi connectivity index (χ1) is 14.2. The molecule has 0 bridgehead atoms. The van der Waals surface area contributed by atoms with E-state index < -0.39 is 0 Å². The van der Waals surface area contributed by atoms with Crippen molar-refractivity contribution < 1.29 is 14.3 Å². The fraction of sp³-hybridized carbons (Fsp3) is 0.292. The fourth-order valence-electron chi connectivity index (χ4n) is 3.83. The van der Waals surface area contributed by atoms with Crippen molar-refractivity contribution in [1.82, 2.24) is 0 Å². The summed E-state index contributed by atoms with van der Waals surface area (Å²) in [6.07, 6.45) is 2.67. The molecule has 0 fully saturated rings. The molecule has 5 heteroatoms. The number of hydrogen-bond donors (Lipinski definition) is 1. The maximum absolute atomic E-state index is 12.4. The van der Waals surface area contributed by atoms with Crippen LogP contribution in [0.4, 0.5) is 0 Å². The van der Waals surface area contributed by atoms with Gasteiger partial charge >= 0.3 is 5.97 Å². The van der Waals surface area contributed by atoms with Crippen LogP contribution in [-0.2, 0) is 24.2 Å². The first-order valence-electron chi connectivity index (χ1n) is 9.98. The van der Waals surface area contributed by atoms with Crippen molar-refractivity contribution in [2.75, 3.05) is 6.61 Å². The average Bonchev–Trinajstić information content (AvgIpc) is 3.22. The number of hydrogen-bond acceptors (Lipinski definition) is 5. The topological polar surface area (TPSA) is 61.5 Å². The molecule has 29 heavy (non-hydrogen) atoms. The van der Waals surface area contributed by atoms with Crippen LogP contribution in [0.5, 0.6) is 5.75 Å². The summed E-state index contributed by atoms with van der Waals surface area (Å²) in [7, 11) is 0. The zero-order valence-corrected chi connectivity index (χ0v) is 17.3. The van der Waals surface area contributed by atoms with E-state index in [0.29, 0.717) is 18.8 Å². The molecule has 3 aromatic rings. The maximum Gasteiger partial charge on any atom is 0.339 e. The second-order valence-electron chi connectivity index (χ2n) is 7.28. The van der Waals surface area contributed by atoms with Crippen molar-refractivity contribution in [3.63, 3.8) is 0 Å². The van der Waals surface area contributed by atoms with E-state index in [1.165, 1.54) is 22.5 Å². The maximum atomic E-state index is 12.4. The van der Waals surface area contributed by atoms with Gasteiger partial charge in [0, 0.05) is 22.5 Å². The Hall–Kier alpha value is -2.63. The van der Waals surface area contributed by atoms with Gasteiger partial charge in [-0.15, -0.1) is 0 Å². The van der Waals surface area contributed by atoms with E-state index in [0.717, 1.165) is 41.7 Å². The molecule has 1 aliphatic carbocycles. The quantitative estimate of drug-likeness (QED) is 0.585. The summed E-state index contributed by atoms with van der Waals surface area (Å²) >= 11 is 1.50. The van der Waals surface area contributed by atoms with Crippen molar-refractivity contribution in [2.24, 2.45) is 5.73 Å². The predicted molar refractivity (Wildman–Crippen MR) is 116 cm³/mol. The standard InChI is InChI=1S/C24H25NO3S/c1-2-27-24(26)22-15-29-14-21(22)20-10-8-17-12-18(25)9-11-19(17)23(20)28-13-16-6-4-3-5-7-16/h3-8,10,14-15,18H,2,9,11-13,25H2,1H3. The monoisotopic (exact) mass is 407 g/mol. The van der Waals surface area contributed by atoms with Gasteiger partial charge in [-0.05, 0) is 48.3 Å². The van der Waals surface area contributed by atoms with Crippen LogP contribution in [0.2, 0.25) is 0 Å². The lowest BCUT2D eigenvalue weighted by Gasteiger charge is -2.26. The molecule has 2 aromatic carbocycles. The summed E-state index contributed by atoms with van der Waals surface area (Å²) in [4.78, 5) is 12.4. The zero-order chi connectivity index (χ0) is 20.2. The Labute approximate surface area is 175 Å². The van der Waals surface area contributed by atoms with E-state index in [1.807, 2.05) is 35.9 Å². The Balaban J connectivity index is 1.76. The fourth-order valence-corrected chi connectivity index (χ4v) is 4.64. The largest absolute Gasteiger partial charge is 0.488 e. The van der Waals surface area contributed by atoms with Crippen LogP contribution in [0, 0.1) is 0 Å². The van der Waals surface area contributed by atoms with Crippen molar-refractivity contribution in [2.45, 2.75) is 38.8 Å². The number of benzene rings is 2. The highest BCUT2D eigenvalue weighted by Crippen LogP contribution is 2.41. The number of esters is 1. The molecule has 0 aliphatic heterocycles. The molecule has 4 nitrogen and oxygen atoms in total. The van der Waals surface area contributed by atoms with Crippen molar-refractivity contribution in [1.29, 1.82) is 0 Å². The van der Waals surface area contributed by atoms with Crippen molar-refractivity contribution in [3.05, 3.63) is 75.5 Å². The Bertz CT molecular complexity index is 997. The van der Waals surface area contributed by atoms with Gasteiger partial charge in [0.1, 0.15) is 12.4 Å². The summed E-state index contributed by atoms with van der Waals surface area (Å²) in [5, 5.41) is 3.85. The van der Waals surface area contributed by atoms with Gasteiger partial charge in [0.15, 0.2) is 0 Å². The third-order valence-electron chi connectivity index (χ3n) is 5.28. The molecule has 4 rings (SSSR count). The highest BCUT2D eigenvalue weighted by atomic mass is 32.1. The van der Waals surface area contributed by atoms with Gasteiger partial charge in [-0.3, -0.25) is 0 Å². The third-order valence-corrected chi connectivity index (χ3v) is 6.02. The average molecular weight is 408 g/mol. The van der Waals surface area contributed by atoms with E-state index in [4.69, 9.17) is 15.2 Å². The molecular weight excluding hydrogens is 382 g/mol. The smallest absolute Gasteiger partial charge is 0.339 e. The number of ether oxygens (including phenoxy) is 2. The number of carbonyl (C=O) groups excluding carboxylic acids is 1. The molecule has 150 valence electrons. The summed E-state index contributed by atoms with van der Waals surface area (Å²) in [6, 6.07) is 14.5. The van der Waals surface area contributed by atoms with E-state index in [9.17, 15) is 4.79 Å². The molecule has 1 aromatic heterocycles. The van der Waals surface area contributed by atoms with Crippen LogP contribution in [0.15, 0.2) is 53.2 Å². The van der Waals surface area contributed by atoms with Crippen LogP contribution in [0.3, 0.4) is 0 Å². The van der Waals surface area contributed by atoms with E-state index in [1.54, 1.807) is 0 Å². The number of rotatable bonds is 6. The summed E-state index contributed by atoms with van der Waals surface area (Å²) < 4.78 is 11.6. The zero-order valence-electron chi connectivity index (χ0n) is 16.5. The van der Waals surface area contributed by atoms with Gasteiger partial charge in [-0.2, -0.15) is 11.3 Å².